The molecule has 1 saturated heterocycles. The lowest BCUT2D eigenvalue weighted by Crippen LogP contribution is -2.26. The van der Waals surface area contributed by atoms with Crippen molar-refractivity contribution in [1.29, 1.82) is 0 Å². The van der Waals surface area contributed by atoms with Gasteiger partial charge in [-0.25, -0.2) is 0 Å². The van der Waals surface area contributed by atoms with E-state index in [9.17, 15) is 0 Å². The molecule has 5 rings (SSSR count). The van der Waals surface area contributed by atoms with Gasteiger partial charge in [0.1, 0.15) is 5.94 Å². The van der Waals surface area contributed by atoms with Gasteiger partial charge in [0.05, 0.1) is 24.4 Å². The van der Waals surface area contributed by atoms with Crippen LogP contribution in [0.3, 0.4) is 0 Å². The summed E-state index contributed by atoms with van der Waals surface area (Å²) in [4.78, 5) is 9.14. The number of aryl methyl sites for hydroxylation is 1. The first-order chi connectivity index (χ1) is 20.2. The van der Waals surface area contributed by atoms with E-state index in [0.717, 1.165) is 80.1 Å². The van der Waals surface area contributed by atoms with Crippen LogP contribution in [0.25, 0.3) is 22.2 Å². The van der Waals surface area contributed by atoms with E-state index in [1.165, 1.54) is 11.3 Å². The minimum atomic E-state index is 0.402. The molecule has 0 spiro atoms. The Kier molecular flexibility index (Phi) is 16.9. The van der Waals surface area contributed by atoms with Gasteiger partial charge in [-0.2, -0.15) is 0 Å². The summed E-state index contributed by atoms with van der Waals surface area (Å²) in [5, 5.41) is 8.48. The summed E-state index contributed by atoms with van der Waals surface area (Å²) >= 11 is 3.49. The molecule has 0 saturated carbocycles. The molecule has 1 unspecified atom stereocenters. The zero-order chi connectivity index (χ0) is 29.9. The minimum Gasteiger partial charge on any atom is -0.400 e. The van der Waals surface area contributed by atoms with Crippen molar-refractivity contribution < 1.29 is 14.6 Å². The Morgan fingerprint density at radius 3 is 2.66 bits per heavy atom. The van der Waals surface area contributed by atoms with Gasteiger partial charge in [0.25, 0.3) is 0 Å². The summed E-state index contributed by atoms with van der Waals surface area (Å²) in [5.41, 5.74) is 6.65. The number of nitrogens with one attached hydrogen (secondary N) is 1. The minimum absolute atomic E-state index is 0.402. The molecular weight excluding hydrogens is 553 g/mol. The number of fused-ring (bicyclic) bond motifs is 1. The van der Waals surface area contributed by atoms with Crippen LogP contribution in [0.5, 0.6) is 0 Å². The second kappa shape index (κ2) is 20.1. The number of aromatic nitrogens is 2. The van der Waals surface area contributed by atoms with Crippen LogP contribution < -0.4 is 4.72 Å². The fourth-order valence-electron chi connectivity index (χ4n) is 4.03. The SMILES string of the molecule is C=C.CCCOCC.CO.Cc1ccc(NSC2C=CC(N3CCOCS3)=CC2)cc1-c1nccc2ncccc12. The molecule has 3 aromatic rings. The summed E-state index contributed by atoms with van der Waals surface area (Å²) in [6.45, 7) is 15.8. The molecule has 41 heavy (non-hydrogen) atoms. The van der Waals surface area contributed by atoms with E-state index in [1.54, 1.807) is 23.9 Å². The molecule has 0 amide bonds. The summed E-state index contributed by atoms with van der Waals surface area (Å²) in [6.07, 6.45) is 12.6. The molecule has 7 nitrogen and oxygen atoms in total. The fraction of sp³-hybridized carbons (Fsp3) is 0.375. The topological polar surface area (TPSA) is 79.7 Å². The van der Waals surface area contributed by atoms with E-state index < -0.39 is 0 Å². The van der Waals surface area contributed by atoms with Crippen molar-refractivity contribution in [2.45, 2.75) is 38.9 Å². The van der Waals surface area contributed by atoms with Gasteiger partial charge in [-0.05, 0) is 92.6 Å². The standard InChI is InChI=1S/C24H24N4OS2.C5H12O.C2H4.CH4O/c1-17-4-5-18(15-22(17)24-21-3-2-11-25-23(21)10-12-26-24)27-31-20-8-6-19(7-9-20)28-13-14-29-16-30-28;1-3-5-6-4-2;2*1-2/h2-8,10-12,15,20,27H,9,13-14,16H2,1H3;3-5H2,1-2H3;1-2H2;2H,1H3. The average Bonchev–Trinajstić information content (AvgIpc) is 3.06. The number of anilines is 1. The monoisotopic (exact) mass is 596 g/mol. The van der Waals surface area contributed by atoms with Gasteiger partial charge >= 0.3 is 0 Å². The van der Waals surface area contributed by atoms with Crippen LogP contribution >= 0.6 is 23.9 Å². The number of allylic oxidation sites excluding steroid dienone is 2. The van der Waals surface area contributed by atoms with Crippen LogP contribution in [-0.2, 0) is 9.47 Å². The number of pyridine rings is 2. The first-order valence-corrected chi connectivity index (χ1v) is 15.6. The number of benzene rings is 1. The molecule has 1 fully saturated rings. The van der Waals surface area contributed by atoms with Crippen molar-refractivity contribution >= 4 is 40.5 Å². The van der Waals surface area contributed by atoms with Gasteiger partial charge in [0.2, 0.25) is 0 Å². The highest BCUT2D eigenvalue weighted by molar-refractivity contribution is 8.01. The Morgan fingerprint density at radius 2 is 2.00 bits per heavy atom. The predicted octanol–water partition coefficient (Wildman–Crippen LogP) is 7.66. The third kappa shape index (κ3) is 10.8. The number of ether oxygens (including phenoxy) is 2. The van der Waals surface area contributed by atoms with E-state index >= 15 is 0 Å². The summed E-state index contributed by atoms with van der Waals surface area (Å²) in [6, 6.07) is 12.5. The number of aliphatic hydroxyl groups excluding tert-OH is 1. The van der Waals surface area contributed by atoms with Crippen molar-refractivity contribution in [3.05, 3.63) is 91.4 Å². The lowest BCUT2D eigenvalue weighted by atomic mass is 10.0. The van der Waals surface area contributed by atoms with E-state index in [2.05, 4.69) is 88.5 Å². The van der Waals surface area contributed by atoms with Gasteiger partial charge in [-0.1, -0.05) is 25.1 Å². The summed E-state index contributed by atoms with van der Waals surface area (Å²) in [7, 11) is 1.00. The molecule has 0 radical (unpaired) electrons. The predicted molar refractivity (Wildman–Crippen MR) is 178 cm³/mol. The van der Waals surface area contributed by atoms with Crippen molar-refractivity contribution in [2.24, 2.45) is 0 Å². The molecule has 3 heterocycles. The maximum atomic E-state index is 7.00. The molecule has 2 aromatic heterocycles. The highest BCUT2D eigenvalue weighted by Crippen LogP contribution is 2.33. The Hall–Kier alpha value is -2.82. The Labute approximate surface area is 254 Å². The number of aliphatic hydroxyl groups is 1. The molecule has 1 aromatic carbocycles. The van der Waals surface area contributed by atoms with Crippen molar-refractivity contribution in [3.63, 3.8) is 0 Å². The second-order valence-corrected chi connectivity index (χ2v) is 10.7. The molecule has 2 aliphatic rings. The van der Waals surface area contributed by atoms with Crippen LogP contribution in [0.2, 0.25) is 0 Å². The van der Waals surface area contributed by atoms with E-state index in [0.29, 0.717) is 5.25 Å². The molecule has 1 aliphatic carbocycles. The van der Waals surface area contributed by atoms with Crippen molar-refractivity contribution in [2.75, 3.05) is 44.1 Å². The largest absolute Gasteiger partial charge is 0.400 e. The lowest BCUT2D eigenvalue weighted by Gasteiger charge is -2.30. The van der Waals surface area contributed by atoms with Gasteiger partial charge < -0.3 is 23.6 Å². The lowest BCUT2D eigenvalue weighted by molar-refractivity contribution is 0.148. The van der Waals surface area contributed by atoms with E-state index in [4.69, 9.17) is 14.6 Å². The first kappa shape index (κ1) is 34.4. The normalized spacial score (nSPS) is 15.8. The van der Waals surface area contributed by atoms with Crippen LogP contribution in [0.1, 0.15) is 32.3 Å². The van der Waals surface area contributed by atoms with Gasteiger partial charge in [0.15, 0.2) is 0 Å². The van der Waals surface area contributed by atoms with E-state index in [-0.39, 0.29) is 0 Å². The third-order valence-electron chi connectivity index (χ3n) is 5.96. The highest BCUT2D eigenvalue weighted by Gasteiger charge is 2.17. The van der Waals surface area contributed by atoms with Crippen molar-refractivity contribution in [1.82, 2.24) is 14.3 Å². The molecule has 1 atom stereocenters. The van der Waals surface area contributed by atoms with Crippen LogP contribution in [0.15, 0.2) is 85.9 Å². The van der Waals surface area contributed by atoms with Gasteiger partial charge in [-0.3, -0.25) is 9.97 Å². The van der Waals surface area contributed by atoms with Crippen LogP contribution in [0.4, 0.5) is 5.69 Å². The fourth-order valence-corrected chi connectivity index (χ4v) is 5.60. The quantitative estimate of drug-likeness (QED) is 0.155. The molecular formula is C32H44N4O3S2. The third-order valence-corrected chi connectivity index (χ3v) is 7.95. The number of hydrogen-bond acceptors (Lipinski definition) is 9. The molecule has 0 bridgehead atoms. The zero-order valence-electron chi connectivity index (χ0n) is 24.7. The Bertz CT molecular complexity index is 1220. The molecule has 1 aliphatic heterocycles. The van der Waals surface area contributed by atoms with Crippen molar-refractivity contribution in [3.8, 4) is 11.3 Å². The maximum absolute atomic E-state index is 7.00. The maximum Gasteiger partial charge on any atom is 0.112 e. The average molecular weight is 597 g/mol. The second-order valence-electron chi connectivity index (χ2n) is 8.70. The molecule has 222 valence electrons. The van der Waals surface area contributed by atoms with E-state index in [1.807, 2.05) is 31.5 Å². The number of rotatable bonds is 8. The van der Waals surface area contributed by atoms with Gasteiger partial charge in [0, 0.05) is 60.3 Å². The number of nitrogens with zero attached hydrogens (tertiary/aromatic N) is 3. The summed E-state index contributed by atoms with van der Waals surface area (Å²) < 4.78 is 16.3. The summed E-state index contributed by atoms with van der Waals surface area (Å²) in [5.74, 6) is 0.738. The molecule has 2 N–H and O–H groups in total. The van der Waals surface area contributed by atoms with Crippen LogP contribution in [0, 0.1) is 6.92 Å². The van der Waals surface area contributed by atoms with Crippen LogP contribution in [-0.4, -0.2) is 64.0 Å². The zero-order valence-corrected chi connectivity index (χ0v) is 26.3. The first-order valence-electron chi connectivity index (χ1n) is 13.8. The molecule has 9 heteroatoms. The number of hydrogen-bond donors (Lipinski definition) is 2. The smallest absolute Gasteiger partial charge is 0.112 e. The Morgan fingerprint density at radius 1 is 1.17 bits per heavy atom. The Balaban J connectivity index is 0.000000517. The van der Waals surface area contributed by atoms with Gasteiger partial charge in [-0.15, -0.1) is 13.2 Å². The highest BCUT2D eigenvalue weighted by atomic mass is 32.2.